The molecule has 0 saturated heterocycles. The monoisotopic (exact) mass is 328 g/mol. The van der Waals surface area contributed by atoms with Gasteiger partial charge in [0.2, 0.25) is 0 Å². The lowest BCUT2D eigenvalue weighted by atomic mass is 10.3. The fourth-order valence-electron chi connectivity index (χ4n) is 2.12. The van der Waals surface area contributed by atoms with E-state index in [-0.39, 0.29) is 11.4 Å². The van der Waals surface area contributed by atoms with Crippen LogP contribution in [0.3, 0.4) is 0 Å². The van der Waals surface area contributed by atoms with Gasteiger partial charge in [-0.1, -0.05) is 6.07 Å². The highest BCUT2D eigenvalue weighted by atomic mass is 32.2. The maximum absolute atomic E-state index is 13.4. The molecule has 2 N–H and O–H groups in total. The van der Waals surface area contributed by atoms with E-state index in [1.165, 1.54) is 33.8 Å². The molecule has 2 rings (SSSR count). The first-order valence-corrected chi connectivity index (χ1v) is 8.73. The fraction of sp³-hybridized carbons (Fsp3) is 0.286. The maximum atomic E-state index is 13.4. The molecule has 0 fully saturated rings. The number of benzene rings is 1. The number of hydrogen-bond acceptors (Lipinski definition) is 4. The van der Waals surface area contributed by atoms with E-state index in [2.05, 4.69) is 0 Å². The van der Waals surface area contributed by atoms with Gasteiger partial charge < -0.3 is 5.73 Å². The molecule has 7 heteroatoms. The van der Waals surface area contributed by atoms with E-state index in [4.69, 9.17) is 5.73 Å². The van der Waals surface area contributed by atoms with Gasteiger partial charge in [0.25, 0.3) is 10.0 Å². The predicted octanol–water partition coefficient (Wildman–Crippen LogP) is 2.87. The molecule has 0 radical (unpaired) electrons. The number of anilines is 1. The number of hydrogen-bond donors (Lipinski definition) is 1. The number of thiophene rings is 1. The van der Waals surface area contributed by atoms with Crippen LogP contribution in [0.25, 0.3) is 0 Å². The third-order valence-corrected chi connectivity index (χ3v) is 6.31. The van der Waals surface area contributed by atoms with E-state index >= 15 is 0 Å². The Kier molecular flexibility index (Phi) is 4.65. The zero-order valence-corrected chi connectivity index (χ0v) is 13.5. The zero-order chi connectivity index (χ0) is 15.6. The minimum Gasteiger partial charge on any atom is -0.326 e. The molecule has 0 atom stereocenters. The van der Waals surface area contributed by atoms with Gasteiger partial charge >= 0.3 is 0 Å². The lowest BCUT2D eigenvalue weighted by Gasteiger charge is -2.22. The summed E-state index contributed by atoms with van der Waals surface area (Å²) in [5, 5.41) is 0. The molecule has 1 heterocycles. The van der Waals surface area contributed by atoms with Crippen molar-refractivity contribution in [3.05, 3.63) is 45.9 Å². The van der Waals surface area contributed by atoms with Crippen LogP contribution in [-0.2, 0) is 16.6 Å². The molecular weight excluding hydrogens is 311 g/mol. The van der Waals surface area contributed by atoms with Crippen LogP contribution in [0.5, 0.6) is 0 Å². The first-order chi connectivity index (χ1) is 9.90. The summed E-state index contributed by atoms with van der Waals surface area (Å²) in [6.07, 6.45) is 0. The largest absolute Gasteiger partial charge is 0.326 e. The summed E-state index contributed by atoms with van der Waals surface area (Å²) < 4.78 is 40.1. The Morgan fingerprint density at radius 2 is 2.05 bits per heavy atom. The predicted molar refractivity (Wildman–Crippen MR) is 83.6 cm³/mol. The summed E-state index contributed by atoms with van der Waals surface area (Å²) in [6.45, 7) is 3.98. The number of rotatable bonds is 5. The van der Waals surface area contributed by atoms with Crippen LogP contribution < -0.4 is 10.0 Å². The molecule has 0 amide bonds. The first-order valence-electron chi connectivity index (χ1n) is 6.47. The summed E-state index contributed by atoms with van der Waals surface area (Å²) >= 11 is 1.36. The van der Waals surface area contributed by atoms with Crippen molar-refractivity contribution in [2.24, 2.45) is 5.73 Å². The Morgan fingerprint density at radius 3 is 2.57 bits per heavy atom. The highest BCUT2D eigenvalue weighted by Gasteiger charge is 2.27. The van der Waals surface area contributed by atoms with Gasteiger partial charge in [-0.3, -0.25) is 4.31 Å². The van der Waals surface area contributed by atoms with Crippen LogP contribution in [-0.4, -0.2) is 15.0 Å². The Bertz CT molecular complexity index is 741. The van der Waals surface area contributed by atoms with Crippen LogP contribution in [0.1, 0.15) is 16.7 Å². The molecule has 0 bridgehead atoms. The normalized spacial score (nSPS) is 11.6. The standard InChI is InChI=1S/C14H17FN2O2S2/c1-3-17(12-6-4-5-11(15)7-12)21(18,19)14-8-13(9-16)20-10(14)2/h4-8H,3,9,16H2,1-2H3. The molecule has 0 aliphatic heterocycles. The molecule has 0 aliphatic rings. The molecule has 0 spiro atoms. The first kappa shape index (κ1) is 15.9. The van der Waals surface area contributed by atoms with Crippen molar-refractivity contribution in [3.8, 4) is 0 Å². The van der Waals surface area contributed by atoms with Gasteiger partial charge in [-0.2, -0.15) is 0 Å². The Morgan fingerprint density at radius 1 is 1.33 bits per heavy atom. The average molecular weight is 328 g/mol. The summed E-state index contributed by atoms with van der Waals surface area (Å²) in [5.41, 5.74) is 5.88. The third kappa shape index (κ3) is 3.09. The lowest BCUT2D eigenvalue weighted by Crippen LogP contribution is -2.31. The van der Waals surface area contributed by atoms with Gasteiger partial charge in [0, 0.05) is 22.8 Å². The van der Waals surface area contributed by atoms with Gasteiger partial charge in [0.1, 0.15) is 10.7 Å². The van der Waals surface area contributed by atoms with Crippen molar-refractivity contribution >= 4 is 27.0 Å². The van der Waals surface area contributed by atoms with Crippen molar-refractivity contribution in [3.63, 3.8) is 0 Å². The van der Waals surface area contributed by atoms with Crippen LogP contribution in [0.15, 0.2) is 35.2 Å². The molecule has 1 aromatic carbocycles. The lowest BCUT2D eigenvalue weighted by molar-refractivity contribution is 0.591. The summed E-state index contributed by atoms with van der Waals surface area (Å²) in [6, 6.07) is 7.17. The average Bonchev–Trinajstić information content (AvgIpc) is 2.81. The molecule has 114 valence electrons. The topological polar surface area (TPSA) is 63.4 Å². The van der Waals surface area contributed by atoms with Crippen molar-refractivity contribution < 1.29 is 12.8 Å². The van der Waals surface area contributed by atoms with Crippen molar-refractivity contribution in [1.82, 2.24) is 0 Å². The van der Waals surface area contributed by atoms with E-state index in [1.807, 2.05) is 0 Å². The quantitative estimate of drug-likeness (QED) is 0.918. The number of nitrogens with zero attached hydrogens (tertiary/aromatic N) is 1. The molecule has 0 aliphatic carbocycles. The maximum Gasteiger partial charge on any atom is 0.265 e. The summed E-state index contributed by atoms with van der Waals surface area (Å²) in [4.78, 5) is 1.73. The van der Waals surface area contributed by atoms with Gasteiger partial charge in [-0.15, -0.1) is 11.3 Å². The minimum absolute atomic E-state index is 0.221. The number of nitrogens with two attached hydrogens (primary N) is 1. The Balaban J connectivity index is 2.51. The number of sulfonamides is 1. The second-order valence-corrected chi connectivity index (χ2v) is 7.66. The molecular formula is C14H17FN2O2S2. The Hall–Kier alpha value is -1.44. The van der Waals surface area contributed by atoms with Crippen LogP contribution in [0.2, 0.25) is 0 Å². The van der Waals surface area contributed by atoms with Gasteiger partial charge in [-0.05, 0) is 38.1 Å². The van der Waals surface area contributed by atoms with Gasteiger partial charge in [0.15, 0.2) is 0 Å². The molecule has 2 aromatic rings. The van der Waals surface area contributed by atoms with Crippen molar-refractivity contribution in [1.29, 1.82) is 0 Å². The van der Waals surface area contributed by atoms with E-state index < -0.39 is 15.8 Å². The van der Waals surface area contributed by atoms with Crippen LogP contribution in [0.4, 0.5) is 10.1 Å². The molecule has 21 heavy (non-hydrogen) atoms. The smallest absolute Gasteiger partial charge is 0.265 e. The van der Waals surface area contributed by atoms with Gasteiger partial charge in [0.05, 0.1) is 5.69 Å². The minimum atomic E-state index is -3.72. The van der Waals surface area contributed by atoms with Crippen LogP contribution >= 0.6 is 11.3 Å². The summed E-state index contributed by atoms with van der Waals surface area (Å²) in [7, 11) is -3.72. The molecule has 0 unspecified atom stereocenters. The fourth-order valence-corrected chi connectivity index (χ4v) is 5.07. The van der Waals surface area contributed by atoms with E-state index in [9.17, 15) is 12.8 Å². The van der Waals surface area contributed by atoms with E-state index in [0.29, 0.717) is 17.1 Å². The molecule has 0 saturated carbocycles. The second kappa shape index (κ2) is 6.13. The van der Waals surface area contributed by atoms with Gasteiger partial charge in [-0.25, -0.2) is 12.8 Å². The highest BCUT2D eigenvalue weighted by Crippen LogP contribution is 2.30. The zero-order valence-electron chi connectivity index (χ0n) is 11.8. The molecule has 1 aromatic heterocycles. The van der Waals surface area contributed by atoms with Crippen LogP contribution in [0, 0.1) is 12.7 Å². The summed E-state index contributed by atoms with van der Waals surface area (Å²) in [5.74, 6) is -0.467. The molecule has 4 nitrogen and oxygen atoms in total. The SMILES string of the molecule is CCN(c1cccc(F)c1)S(=O)(=O)c1cc(CN)sc1C. The Labute approximate surface area is 128 Å². The van der Waals surface area contributed by atoms with Crippen molar-refractivity contribution in [2.45, 2.75) is 25.3 Å². The number of aryl methyl sites for hydroxylation is 1. The highest BCUT2D eigenvalue weighted by molar-refractivity contribution is 7.93. The van der Waals surface area contributed by atoms with E-state index in [1.54, 1.807) is 26.0 Å². The van der Waals surface area contributed by atoms with Crippen molar-refractivity contribution in [2.75, 3.05) is 10.8 Å². The van der Waals surface area contributed by atoms with E-state index in [0.717, 1.165) is 4.88 Å². The number of halogens is 1. The second-order valence-electron chi connectivity index (χ2n) is 4.49. The third-order valence-electron chi connectivity index (χ3n) is 3.08.